The van der Waals surface area contributed by atoms with Crippen molar-refractivity contribution in [1.29, 1.82) is 0 Å². The Balaban J connectivity index is 1.79. The molecule has 1 atom stereocenters. The van der Waals surface area contributed by atoms with Crippen LogP contribution in [0.5, 0.6) is 0 Å². The standard InChI is InChI=1S/C33H39FO5/c1-4-6-7-8-9-13-21-37-39-32(35)27-18-19-28(25-15-11-10-12-16-25)30(22-27)26-17-20-29(31(34)23-26)33(36)38-24(3)14-5-2/h10-12,15-20,22-24H,4-9,13-14,21H2,1-3H3. The van der Waals surface area contributed by atoms with Crippen LogP contribution in [-0.4, -0.2) is 24.6 Å². The van der Waals surface area contributed by atoms with E-state index in [-0.39, 0.29) is 17.2 Å². The van der Waals surface area contributed by atoms with E-state index < -0.39 is 17.8 Å². The van der Waals surface area contributed by atoms with E-state index in [1.807, 2.05) is 43.3 Å². The van der Waals surface area contributed by atoms with Gasteiger partial charge in [0, 0.05) is 0 Å². The summed E-state index contributed by atoms with van der Waals surface area (Å²) < 4.78 is 20.5. The van der Waals surface area contributed by atoms with E-state index in [1.165, 1.54) is 31.4 Å². The molecule has 39 heavy (non-hydrogen) atoms. The molecule has 0 fully saturated rings. The molecular formula is C33H39FO5. The Morgan fingerprint density at radius 2 is 1.51 bits per heavy atom. The predicted molar refractivity (Wildman–Crippen MR) is 152 cm³/mol. The zero-order valence-electron chi connectivity index (χ0n) is 23.2. The molecule has 0 saturated heterocycles. The summed E-state index contributed by atoms with van der Waals surface area (Å²) in [5, 5.41) is 0. The molecule has 0 spiro atoms. The fourth-order valence-electron chi connectivity index (χ4n) is 4.42. The van der Waals surface area contributed by atoms with Crippen LogP contribution in [0.1, 0.15) is 92.9 Å². The molecule has 3 aromatic carbocycles. The Hall–Kier alpha value is -3.51. The van der Waals surface area contributed by atoms with Gasteiger partial charge in [-0.2, -0.15) is 4.89 Å². The van der Waals surface area contributed by atoms with E-state index in [0.717, 1.165) is 36.8 Å². The summed E-state index contributed by atoms with van der Waals surface area (Å²) in [5.74, 6) is -1.99. The average molecular weight is 535 g/mol. The molecule has 0 aliphatic carbocycles. The van der Waals surface area contributed by atoms with Crippen molar-refractivity contribution in [3.05, 3.63) is 83.7 Å². The molecule has 0 aliphatic heterocycles. The first kappa shape index (κ1) is 30.0. The minimum atomic E-state index is -0.692. The highest BCUT2D eigenvalue weighted by molar-refractivity contribution is 5.95. The molecule has 0 saturated carbocycles. The van der Waals surface area contributed by atoms with Gasteiger partial charge >= 0.3 is 11.9 Å². The van der Waals surface area contributed by atoms with Gasteiger partial charge in [0.15, 0.2) is 0 Å². The van der Waals surface area contributed by atoms with Crippen LogP contribution in [0.25, 0.3) is 22.3 Å². The first-order chi connectivity index (χ1) is 18.9. The molecule has 3 rings (SSSR count). The zero-order chi connectivity index (χ0) is 28.0. The van der Waals surface area contributed by atoms with Gasteiger partial charge in [-0.1, -0.05) is 94.8 Å². The summed E-state index contributed by atoms with van der Waals surface area (Å²) in [6, 6.07) is 19.1. The minimum absolute atomic E-state index is 0.123. The second-order valence-corrected chi connectivity index (χ2v) is 9.79. The van der Waals surface area contributed by atoms with Gasteiger partial charge in [-0.3, -0.25) is 4.89 Å². The summed E-state index contributed by atoms with van der Waals surface area (Å²) in [5.41, 5.74) is 3.03. The van der Waals surface area contributed by atoms with Crippen LogP contribution in [0.2, 0.25) is 0 Å². The highest BCUT2D eigenvalue weighted by Crippen LogP contribution is 2.34. The van der Waals surface area contributed by atoms with Crippen LogP contribution in [0, 0.1) is 5.82 Å². The molecular weight excluding hydrogens is 495 g/mol. The molecule has 1 unspecified atom stereocenters. The van der Waals surface area contributed by atoms with Crippen LogP contribution in [0.4, 0.5) is 4.39 Å². The monoisotopic (exact) mass is 534 g/mol. The van der Waals surface area contributed by atoms with Gasteiger partial charge in [0.25, 0.3) is 0 Å². The van der Waals surface area contributed by atoms with Gasteiger partial charge < -0.3 is 4.74 Å². The maximum Gasteiger partial charge on any atom is 0.373 e. The molecule has 3 aromatic rings. The van der Waals surface area contributed by atoms with Crippen molar-refractivity contribution in [3.63, 3.8) is 0 Å². The number of halogens is 1. The molecule has 0 radical (unpaired) electrons. The average Bonchev–Trinajstić information content (AvgIpc) is 2.94. The Morgan fingerprint density at radius 3 is 2.23 bits per heavy atom. The molecule has 5 nitrogen and oxygen atoms in total. The van der Waals surface area contributed by atoms with Crippen LogP contribution >= 0.6 is 0 Å². The maximum absolute atomic E-state index is 15.1. The second-order valence-electron chi connectivity index (χ2n) is 9.79. The number of rotatable bonds is 15. The number of carbonyl (C=O) groups is 2. The summed E-state index contributed by atoms with van der Waals surface area (Å²) in [6.45, 7) is 6.31. The third kappa shape index (κ3) is 9.03. The van der Waals surface area contributed by atoms with E-state index in [0.29, 0.717) is 24.2 Å². The van der Waals surface area contributed by atoms with Crippen LogP contribution in [-0.2, 0) is 14.5 Å². The van der Waals surface area contributed by atoms with E-state index in [2.05, 4.69) is 6.92 Å². The van der Waals surface area contributed by atoms with Gasteiger partial charge in [0.2, 0.25) is 0 Å². The van der Waals surface area contributed by atoms with E-state index in [4.69, 9.17) is 14.5 Å². The lowest BCUT2D eigenvalue weighted by atomic mass is 9.92. The summed E-state index contributed by atoms with van der Waals surface area (Å²) >= 11 is 0. The molecule has 0 aliphatic rings. The number of hydrogen-bond donors (Lipinski definition) is 0. The molecule has 0 bridgehead atoms. The van der Waals surface area contributed by atoms with Gasteiger partial charge in [0.1, 0.15) is 5.82 Å². The molecule has 208 valence electrons. The largest absolute Gasteiger partial charge is 0.459 e. The number of hydrogen-bond acceptors (Lipinski definition) is 5. The SMILES string of the molecule is CCCCCCCCOOC(=O)c1ccc(-c2ccccc2)c(-c2ccc(C(=O)OC(C)CCC)c(F)c2)c1. The van der Waals surface area contributed by atoms with Crippen molar-refractivity contribution in [1.82, 2.24) is 0 Å². The van der Waals surface area contributed by atoms with Crippen LogP contribution < -0.4 is 0 Å². The van der Waals surface area contributed by atoms with Crippen molar-refractivity contribution < 1.29 is 28.5 Å². The Bertz CT molecular complexity index is 1210. The number of unbranched alkanes of at least 4 members (excludes halogenated alkanes) is 5. The van der Waals surface area contributed by atoms with Crippen molar-refractivity contribution in [2.24, 2.45) is 0 Å². The van der Waals surface area contributed by atoms with Gasteiger partial charge in [-0.15, -0.1) is 0 Å². The topological polar surface area (TPSA) is 61.8 Å². The van der Waals surface area contributed by atoms with Crippen molar-refractivity contribution in [2.75, 3.05) is 6.61 Å². The van der Waals surface area contributed by atoms with Gasteiger partial charge in [-0.05, 0) is 66.3 Å². The maximum atomic E-state index is 15.1. The first-order valence-electron chi connectivity index (χ1n) is 14.0. The number of ether oxygens (including phenoxy) is 1. The summed E-state index contributed by atoms with van der Waals surface area (Å²) in [4.78, 5) is 35.5. The molecule has 0 N–H and O–H groups in total. The van der Waals surface area contributed by atoms with Crippen molar-refractivity contribution in [2.45, 2.75) is 78.2 Å². The van der Waals surface area contributed by atoms with E-state index in [1.54, 1.807) is 25.1 Å². The third-order valence-corrected chi connectivity index (χ3v) is 6.56. The highest BCUT2D eigenvalue weighted by atomic mass is 19.1. The second kappa shape index (κ2) is 15.8. The van der Waals surface area contributed by atoms with Gasteiger partial charge in [0.05, 0.1) is 23.8 Å². The predicted octanol–water partition coefficient (Wildman–Crippen LogP) is 8.95. The lowest BCUT2D eigenvalue weighted by molar-refractivity contribution is -0.241. The highest BCUT2D eigenvalue weighted by Gasteiger charge is 2.19. The van der Waals surface area contributed by atoms with Gasteiger partial charge in [-0.25, -0.2) is 14.0 Å². The Kier molecular flexibility index (Phi) is 12.2. The molecule has 6 heteroatoms. The van der Waals surface area contributed by atoms with E-state index in [9.17, 15) is 9.59 Å². The summed E-state index contributed by atoms with van der Waals surface area (Å²) in [7, 11) is 0. The van der Waals surface area contributed by atoms with E-state index >= 15 is 4.39 Å². The fraction of sp³-hybridized carbons (Fsp3) is 0.394. The van der Waals surface area contributed by atoms with Crippen LogP contribution in [0.15, 0.2) is 66.7 Å². The smallest absolute Gasteiger partial charge is 0.373 e. The number of carbonyl (C=O) groups excluding carboxylic acids is 2. The Labute approximate surface area is 231 Å². The quantitative estimate of drug-likeness (QED) is 0.0843. The Morgan fingerprint density at radius 1 is 0.769 bits per heavy atom. The molecule has 0 heterocycles. The lowest BCUT2D eigenvalue weighted by Gasteiger charge is -2.15. The fourth-order valence-corrected chi connectivity index (χ4v) is 4.42. The minimum Gasteiger partial charge on any atom is -0.459 e. The summed E-state index contributed by atoms with van der Waals surface area (Å²) in [6.07, 6.45) is 7.89. The van der Waals surface area contributed by atoms with Crippen LogP contribution in [0.3, 0.4) is 0 Å². The number of esters is 1. The number of benzene rings is 3. The lowest BCUT2D eigenvalue weighted by Crippen LogP contribution is -2.16. The van der Waals surface area contributed by atoms with Crippen molar-refractivity contribution >= 4 is 11.9 Å². The normalized spacial score (nSPS) is 11.7. The van der Waals surface area contributed by atoms with Crippen molar-refractivity contribution in [3.8, 4) is 22.3 Å². The molecule has 0 amide bonds. The molecule has 0 aromatic heterocycles. The first-order valence-corrected chi connectivity index (χ1v) is 14.0. The zero-order valence-corrected chi connectivity index (χ0v) is 23.2. The third-order valence-electron chi connectivity index (χ3n) is 6.56.